The van der Waals surface area contributed by atoms with E-state index in [9.17, 15) is 4.79 Å². The number of benzene rings is 2. The number of aryl methyl sites for hydroxylation is 1. The average Bonchev–Trinajstić information content (AvgIpc) is 2.49. The molecule has 0 fully saturated rings. The van der Waals surface area contributed by atoms with Gasteiger partial charge in [0.25, 0.3) is 0 Å². The standard InChI is InChI=1S/C17H18N2O/c18-15-9-7-13(8-10-15)12-17(20)19-11-3-5-14-4-1-2-6-16(14)19/h1-2,4,6-10H,3,5,11-12,18H2. The van der Waals surface area contributed by atoms with Gasteiger partial charge in [0, 0.05) is 17.9 Å². The third-order valence-corrected chi connectivity index (χ3v) is 3.75. The Morgan fingerprint density at radius 1 is 1.10 bits per heavy atom. The van der Waals surface area contributed by atoms with Gasteiger partial charge in [-0.2, -0.15) is 0 Å². The molecule has 0 unspecified atom stereocenters. The van der Waals surface area contributed by atoms with E-state index in [2.05, 4.69) is 6.07 Å². The minimum Gasteiger partial charge on any atom is -0.399 e. The number of carbonyl (C=O) groups is 1. The van der Waals surface area contributed by atoms with Gasteiger partial charge in [-0.05, 0) is 42.2 Å². The molecule has 2 N–H and O–H groups in total. The molecule has 3 rings (SSSR count). The number of hydrogen-bond acceptors (Lipinski definition) is 2. The van der Waals surface area contributed by atoms with E-state index in [1.165, 1.54) is 5.56 Å². The highest BCUT2D eigenvalue weighted by molar-refractivity contribution is 5.95. The molecule has 0 aromatic heterocycles. The number of rotatable bonds is 2. The van der Waals surface area contributed by atoms with Crippen LogP contribution in [0.25, 0.3) is 0 Å². The summed E-state index contributed by atoms with van der Waals surface area (Å²) in [6, 6.07) is 15.7. The Bertz CT molecular complexity index is 619. The van der Waals surface area contributed by atoms with Crippen LogP contribution in [0.5, 0.6) is 0 Å². The van der Waals surface area contributed by atoms with Crippen LogP contribution in [-0.2, 0) is 17.6 Å². The van der Waals surface area contributed by atoms with Crippen molar-refractivity contribution >= 4 is 17.3 Å². The van der Waals surface area contributed by atoms with Gasteiger partial charge in [0.1, 0.15) is 0 Å². The Labute approximate surface area is 119 Å². The fourth-order valence-electron chi connectivity index (χ4n) is 2.70. The summed E-state index contributed by atoms with van der Waals surface area (Å²) < 4.78 is 0. The van der Waals surface area contributed by atoms with Crippen LogP contribution >= 0.6 is 0 Å². The summed E-state index contributed by atoms with van der Waals surface area (Å²) in [5, 5.41) is 0. The molecule has 0 saturated carbocycles. The highest BCUT2D eigenvalue weighted by Crippen LogP contribution is 2.27. The van der Waals surface area contributed by atoms with Gasteiger partial charge in [-0.15, -0.1) is 0 Å². The van der Waals surface area contributed by atoms with Crippen molar-refractivity contribution < 1.29 is 4.79 Å². The molecular weight excluding hydrogens is 248 g/mol. The minimum atomic E-state index is 0.155. The van der Waals surface area contributed by atoms with Gasteiger partial charge in [0.15, 0.2) is 0 Å². The van der Waals surface area contributed by atoms with Crippen molar-refractivity contribution in [3.63, 3.8) is 0 Å². The molecule has 1 aliphatic rings. The number of hydrogen-bond donors (Lipinski definition) is 1. The lowest BCUT2D eigenvalue weighted by Crippen LogP contribution is -2.36. The van der Waals surface area contributed by atoms with Crippen molar-refractivity contribution in [2.75, 3.05) is 17.2 Å². The zero-order valence-corrected chi connectivity index (χ0v) is 11.4. The zero-order valence-electron chi connectivity index (χ0n) is 11.4. The number of nitrogen functional groups attached to an aromatic ring is 1. The van der Waals surface area contributed by atoms with E-state index in [0.717, 1.165) is 36.3 Å². The van der Waals surface area contributed by atoms with Gasteiger partial charge in [-0.1, -0.05) is 30.3 Å². The summed E-state index contributed by atoms with van der Waals surface area (Å²) in [5.74, 6) is 0.155. The molecule has 1 aliphatic heterocycles. The second kappa shape index (κ2) is 5.37. The molecule has 0 aliphatic carbocycles. The van der Waals surface area contributed by atoms with Gasteiger partial charge in [-0.3, -0.25) is 4.79 Å². The van der Waals surface area contributed by atoms with Crippen molar-refractivity contribution in [2.45, 2.75) is 19.3 Å². The summed E-state index contributed by atoms with van der Waals surface area (Å²) in [6.07, 6.45) is 2.51. The summed E-state index contributed by atoms with van der Waals surface area (Å²) >= 11 is 0. The highest BCUT2D eigenvalue weighted by Gasteiger charge is 2.21. The molecule has 0 atom stereocenters. The predicted octanol–water partition coefficient (Wildman–Crippen LogP) is 2.79. The van der Waals surface area contributed by atoms with Gasteiger partial charge >= 0.3 is 0 Å². The fraction of sp³-hybridized carbons (Fsp3) is 0.235. The topological polar surface area (TPSA) is 46.3 Å². The second-order valence-electron chi connectivity index (χ2n) is 5.20. The van der Waals surface area contributed by atoms with Gasteiger partial charge in [0.2, 0.25) is 5.91 Å². The van der Waals surface area contributed by atoms with E-state index >= 15 is 0 Å². The lowest BCUT2D eigenvalue weighted by atomic mass is 10.0. The SMILES string of the molecule is Nc1ccc(CC(=O)N2CCCc3ccccc32)cc1. The lowest BCUT2D eigenvalue weighted by Gasteiger charge is -2.29. The Kier molecular flexibility index (Phi) is 3.42. The first-order valence-corrected chi connectivity index (χ1v) is 6.97. The second-order valence-corrected chi connectivity index (χ2v) is 5.20. The first-order chi connectivity index (χ1) is 9.74. The Hall–Kier alpha value is -2.29. The molecule has 0 spiro atoms. The summed E-state index contributed by atoms with van der Waals surface area (Å²) in [5.41, 5.74) is 9.74. The smallest absolute Gasteiger partial charge is 0.231 e. The normalized spacial score (nSPS) is 13.9. The number of para-hydroxylation sites is 1. The molecule has 0 saturated heterocycles. The zero-order chi connectivity index (χ0) is 13.9. The number of nitrogens with zero attached hydrogens (tertiary/aromatic N) is 1. The predicted molar refractivity (Wildman–Crippen MR) is 81.7 cm³/mol. The highest BCUT2D eigenvalue weighted by atomic mass is 16.2. The average molecular weight is 266 g/mol. The number of fused-ring (bicyclic) bond motifs is 1. The minimum absolute atomic E-state index is 0.155. The molecule has 3 heteroatoms. The van der Waals surface area contributed by atoms with Gasteiger partial charge < -0.3 is 10.6 Å². The van der Waals surface area contributed by atoms with Crippen LogP contribution in [0, 0.1) is 0 Å². The van der Waals surface area contributed by atoms with Crippen LogP contribution in [0.4, 0.5) is 11.4 Å². The maximum Gasteiger partial charge on any atom is 0.231 e. The maximum atomic E-state index is 12.5. The van der Waals surface area contributed by atoms with E-state index < -0.39 is 0 Å². The fourth-order valence-corrected chi connectivity index (χ4v) is 2.70. The monoisotopic (exact) mass is 266 g/mol. The van der Waals surface area contributed by atoms with E-state index in [-0.39, 0.29) is 5.91 Å². The molecular formula is C17H18N2O. The van der Waals surface area contributed by atoms with Crippen molar-refractivity contribution in [3.8, 4) is 0 Å². The van der Waals surface area contributed by atoms with Crippen LogP contribution in [0.2, 0.25) is 0 Å². The first kappa shape index (κ1) is 12.7. The largest absolute Gasteiger partial charge is 0.399 e. The summed E-state index contributed by atoms with van der Waals surface area (Å²) in [4.78, 5) is 14.4. The Morgan fingerprint density at radius 3 is 2.65 bits per heavy atom. The van der Waals surface area contributed by atoms with Crippen molar-refractivity contribution in [3.05, 3.63) is 59.7 Å². The van der Waals surface area contributed by atoms with E-state index in [1.54, 1.807) is 0 Å². The first-order valence-electron chi connectivity index (χ1n) is 6.97. The molecule has 3 nitrogen and oxygen atoms in total. The summed E-state index contributed by atoms with van der Waals surface area (Å²) in [6.45, 7) is 0.810. The molecule has 0 radical (unpaired) electrons. The quantitative estimate of drug-likeness (QED) is 0.850. The van der Waals surface area contributed by atoms with Crippen molar-refractivity contribution in [2.24, 2.45) is 0 Å². The molecule has 20 heavy (non-hydrogen) atoms. The Balaban J connectivity index is 1.80. The van der Waals surface area contributed by atoms with Crippen LogP contribution in [0.1, 0.15) is 17.5 Å². The summed E-state index contributed by atoms with van der Waals surface area (Å²) in [7, 11) is 0. The number of amides is 1. The van der Waals surface area contributed by atoms with Crippen LogP contribution < -0.4 is 10.6 Å². The third kappa shape index (κ3) is 2.52. The molecule has 2 aromatic carbocycles. The molecule has 1 heterocycles. The van der Waals surface area contributed by atoms with Crippen molar-refractivity contribution in [1.29, 1.82) is 0 Å². The van der Waals surface area contributed by atoms with Gasteiger partial charge in [-0.25, -0.2) is 0 Å². The van der Waals surface area contributed by atoms with Crippen LogP contribution in [0.3, 0.4) is 0 Å². The third-order valence-electron chi connectivity index (χ3n) is 3.75. The van der Waals surface area contributed by atoms with Crippen LogP contribution in [-0.4, -0.2) is 12.5 Å². The van der Waals surface area contributed by atoms with E-state index in [0.29, 0.717) is 6.42 Å². The number of carbonyl (C=O) groups excluding carboxylic acids is 1. The number of nitrogens with two attached hydrogens (primary N) is 1. The van der Waals surface area contributed by atoms with Crippen molar-refractivity contribution in [1.82, 2.24) is 0 Å². The lowest BCUT2D eigenvalue weighted by molar-refractivity contribution is -0.118. The Morgan fingerprint density at radius 2 is 1.85 bits per heavy atom. The molecule has 0 bridgehead atoms. The van der Waals surface area contributed by atoms with Crippen LogP contribution in [0.15, 0.2) is 48.5 Å². The maximum absolute atomic E-state index is 12.5. The molecule has 2 aromatic rings. The van der Waals surface area contributed by atoms with E-state index in [1.807, 2.05) is 47.4 Å². The van der Waals surface area contributed by atoms with E-state index in [4.69, 9.17) is 5.73 Å². The number of anilines is 2. The molecule has 1 amide bonds. The molecule has 102 valence electrons. The van der Waals surface area contributed by atoms with Gasteiger partial charge in [0.05, 0.1) is 6.42 Å².